The lowest BCUT2D eigenvalue weighted by molar-refractivity contribution is -0.137. The number of fused-ring (bicyclic) bond motifs is 1. The van der Waals surface area contributed by atoms with Crippen molar-refractivity contribution in [3.8, 4) is 11.5 Å². The number of likely N-dealkylation sites (tertiary alicyclic amines) is 1. The van der Waals surface area contributed by atoms with E-state index in [1.165, 1.54) is 48.0 Å². The first-order valence-corrected chi connectivity index (χ1v) is 24.6. The van der Waals surface area contributed by atoms with E-state index in [4.69, 9.17) is 14.2 Å². The molecule has 3 aromatic heterocycles. The van der Waals surface area contributed by atoms with Gasteiger partial charge in [-0.05, 0) is 109 Å². The molecule has 4 heterocycles. The first-order chi connectivity index (χ1) is 32.4. The molecule has 7 rings (SSSR count). The predicted molar refractivity (Wildman–Crippen MR) is 256 cm³/mol. The van der Waals surface area contributed by atoms with Gasteiger partial charge in [-0.3, -0.25) is 19.5 Å². The number of aromatic amines is 1. The van der Waals surface area contributed by atoms with Crippen molar-refractivity contribution in [1.82, 2.24) is 40.7 Å². The Morgan fingerprint density at radius 2 is 1.69 bits per heavy atom. The molecule has 0 spiro atoms. The quantitative estimate of drug-likeness (QED) is 0.0469. The molecular weight excluding hydrogens is 914 g/mol. The average Bonchev–Trinajstić information content (AvgIpc) is 4.09. The van der Waals surface area contributed by atoms with Gasteiger partial charge in [-0.25, -0.2) is 27.8 Å². The zero-order valence-corrected chi connectivity index (χ0v) is 40.6. The molecule has 1 fully saturated rings. The largest absolute Gasteiger partial charge is 0.491 e. The number of ether oxygens (including phenoxy) is 3. The Morgan fingerprint density at radius 1 is 0.971 bits per heavy atom. The van der Waals surface area contributed by atoms with E-state index < -0.39 is 32.5 Å². The second kappa shape index (κ2) is 21.3. The van der Waals surface area contributed by atoms with Gasteiger partial charge < -0.3 is 35.1 Å². The van der Waals surface area contributed by atoms with E-state index in [1.54, 1.807) is 63.2 Å². The van der Waals surface area contributed by atoms with Crippen LogP contribution in [-0.2, 0) is 30.6 Å². The zero-order valence-electron chi connectivity index (χ0n) is 39.0. The van der Waals surface area contributed by atoms with Crippen LogP contribution in [0.4, 0.5) is 16.0 Å². The normalized spacial score (nSPS) is 15.0. The first kappa shape index (κ1) is 49.6. The number of H-pyrrole nitrogens is 1. The van der Waals surface area contributed by atoms with Gasteiger partial charge in [0.25, 0.3) is 0 Å². The highest BCUT2D eigenvalue weighted by Gasteiger charge is 2.38. The van der Waals surface area contributed by atoms with Crippen molar-refractivity contribution in [2.45, 2.75) is 88.6 Å². The van der Waals surface area contributed by atoms with E-state index in [0.717, 1.165) is 23.2 Å². The molecule has 17 nitrogen and oxygen atoms in total. The number of rotatable bonds is 20. The topological polar surface area (TPSA) is 220 Å². The summed E-state index contributed by atoms with van der Waals surface area (Å²) < 4.78 is 57.8. The molecule has 0 radical (unpaired) electrons. The Kier molecular flexibility index (Phi) is 15.5. The minimum Gasteiger partial charge on any atom is -0.491 e. The van der Waals surface area contributed by atoms with Gasteiger partial charge in [-0.15, -0.1) is 11.3 Å². The van der Waals surface area contributed by atoms with Crippen molar-refractivity contribution >= 4 is 61.3 Å². The van der Waals surface area contributed by atoms with Crippen LogP contribution in [0, 0.1) is 19.7 Å². The number of nitrogens with zero attached hydrogens (tertiary/aromatic N) is 5. The SMILES string of the molecule is CNC(C)C(=O)NC(Cc1ccc(OCCOCCOc2cc3ncnc(Nc4n[nH]c(C)c4C)c3cc2S(=O)(=O)C(C)(C)C)cc1)C(=O)N1CCC[C@H]1c1nc(C(=O)c2ccc(F)cc2)cs1. The molecule has 6 aromatic rings. The summed E-state index contributed by atoms with van der Waals surface area (Å²) in [6, 6.07) is 13.9. The summed E-state index contributed by atoms with van der Waals surface area (Å²) in [6.07, 6.45) is 2.97. The van der Waals surface area contributed by atoms with E-state index >= 15 is 0 Å². The van der Waals surface area contributed by atoms with Crippen molar-refractivity contribution in [3.63, 3.8) is 0 Å². The Hall–Kier alpha value is -6.35. The molecular formula is C48H56FN9O8S2. The molecule has 1 saturated heterocycles. The van der Waals surface area contributed by atoms with Crippen molar-refractivity contribution in [2.75, 3.05) is 45.3 Å². The lowest BCUT2D eigenvalue weighted by Gasteiger charge is -2.29. The number of aromatic nitrogens is 5. The van der Waals surface area contributed by atoms with Gasteiger partial charge in [0.15, 0.2) is 15.7 Å². The summed E-state index contributed by atoms with van der Waals surface area (Å²) in [5, 5.41) is 19.1. The fraction of sp³-hybridized carbons (Fsp3) is 0.396. The third-order valence-corrected chi connectivity index (χ3v) is 15.2. The second-order valence-electron chi connectivity index (χ2n) is 17.4. The number of anilines is 2. The molecule has 0 bridgehead atoms. The van der Waals surface area contributed by atoms with E-state index in [-0.39, 0.29) is 72.8 Å². The van der Waals surface area contributed by atoms with Crippen LogP contribution in [0.5, 0.6) is 11.5 Å². The van der Waals surface area contributed by atoms with Crippen LogP contribution in [0.3, 0.4) is 0 Å². The van der Waals surface area contributed by atoms with Gasteiger partial charge in [0, 0.05) is 46.6 Å². The number of amides is 2. The molecule has 1 aliphatic rings. The van der Waals surface area contributed by atoms with Crippen molar-refractivity contribution in [1.29, 1.82) is 0 Å². The minimum absolute atomic E-state index is 0.00622. The van der Waals surface area contributed by atoms with Gasteiger partial charge in [0.1, 0.15) is 64.3 Å². The predicted octanol–water partition coefficient (Wildman–Crippen LogP) is 6.59. The summed E-state index contributed by atoms with van der Waals surface area (Å²) in [6.45, 7) is 11.5. The Bertz CT molecular complexity index is 2870. The van der Waals surface area contributed by atoms with Gasteiger partial charge in [0.2, 0.25) is 17.6 Å². The zero-order chi connectivity index (χ0) is 48.8. The summed E-state index contributed by atoms with van der Waals surface area (Å²) >= 11 is 1.29. The summed E-state index contributed by atoms with van der Waals surface area (Å²) in [5.74, 6) is 0.330. The van der Waals surface area contributed by atoms with Crippen LogP contribution in [0.25, 0.3) is 10.9 Å². The highest BCUT2D eigenvalue weighted by molar-refractivity contribution is 7.92. The molecule has 0 aliphatic carbocycles. The first-order valence-electron chi connectivity index (χ1n) is 22.2. The van der Waals surface area contributed by atoms with Gasteiger partial charge in [-0.2, -0.15) is 5.10 Å². The molecule has 2 amide bonds. The molecule has 68 heavy (non-hydrogen) atoms. The van der Waals surface area contributed by atoms with Crippen LogP contribution < -0.4 is 25.4 Å². The Labute approximate surface area is 398 Å². The number of benzene rings is 3. The van der Waals surface area contributed by atoms with Gasteiger partial charge in [0.05, 0.1) is 35.6 Å². The number of halogens is 1. The monoisotopic (exact) mass is 969 g/mol. The number of sulfone groups is 1. The van der Waals surface area contributed by atoms with E-state index in [0.29, 0.717) is 51.8 Å². The highest BCUT2D eigenvalue weighted by atomic mass is 32.2. The van der Waals surface area contributed by atoms with Crippen LogP contribution >= 0.6 is 11.3 Å². The lowest BCUT2D eigenvalue weighted by atomic mass is 10.0. The third-order valence-electron chi connectivity index (χ3n) is 11.8. The Morgan fingerprint density at radius 3 is 2.37 bits per heavy atom. The summed E-state index contributed by atoms with van der Waals surface area (Å²) in [4.78, 5) is 55.6. The summed E-state index contributed by atoms with van der Waals surface area (Å²) in [7, 11) is -2.21. The lowest BCUT2D eigenvalue weighted by Crippen LogP contribution is -2.53. The molecule has 3 aromatic carbocycles. The molecule has 4 N–H and O–H groups in total. The van der Waals surface area contributed by atoms with Crippen LogP contribution in [0.1, 0.15) is 84.5 Å². The second-order valence-corrected chi connectivity index (χ2v) is 21.0. The fourth-order valence-corrected chi connectivity index (χ4v) is 9.69. The third kappa shape index (κ3) is 11.3. The van der Waals surface area contributed by atoms with Crippen molar-refractivity contribution < 1.29 is 41.4 Å². The maximum Gasteiger partial charge on any atom is 0.246 e. The minimum atomic E-state index is -3.88. The van der Waals surface area contributed by atoms with Crippen LogP contribution in [-0.4, -0.2) is 113 Å². The number of carbonyl (C=O) groups excluding carboxylic acids is 3. The number of ketones is 1. The number of likely N-dealkylation sites (N-methyl/N-ethyl adjacent to an activating group) is 1. The average molecular weight is 970 g/mol. The van der Waals surface area contributed by atoms with E-state index in [1.807, 2.05) is 26.0 Å². The van der Waals surface area contributed by atoms with Crippen LogP contribution in [0.15, 0.2) is 77.3 Å². The summed E-state index contributed by atoms with van der Waals surface area (Å²) in [5.41, 5.74) is 3.61. The molecule has 2 unspecified atom stereocenters. The maximum atomic E-state index is 14.3. The molecule has 0 saturated carbocycles. The fourth-order valence-electron chi connectivity index (χ4n) is 7.43. The molecule has 360 valence electrons. The van der Waals surface area contributed by atoms with Gasteiger partial charge >= 0.3 is 0 Å². The van der Waals surface area contributed by atoms with E-state index in [2.05, 4.69) is 41.1 Å². The highest BCUT2D eigenvalue weighted by Crippen LogP contribution is 2.38. The van der Waals surface area contributed by atoms with E-state index in [9.17, 15) is 27.2 Å². The number of nitrogens with one attached hydrogen (secondary N) is 4. The van der Waals surface area contributed by atoms with Crippen molar-refractivity contribution in [2.24, 2.45) is 0 Å². The Balaban J connectivity index is 0.941. The number of aryl methyl sites for hydroxylation is 1. The van der Waals surface area contributed by atoms with Crippen LogP contribution in [0.2, 0.25) is 0 Å². The van der Waals surface area contributed by atoms with Gasteiger partial charge in [-0.1, -0.05) is 12.1 Å². The van der Waals surface area contributed by atoms with Crippen molar-refractivity contribution in [3.05, 3.63) is 111 Å². The number of hydrogen-bond acceptors (Lipinski definition) is 15. The smallest absolute Gasteiger partial charge is 0.246 e. The standard InChI is InChI=1S/C48H56FN9O8S2/c1-28-29(2)56-57-43(28)55-44-35-24-41(68(62,63)48(4,5)6)40(25-36(35)51-27-52-44)66-22-20-64-19-21-65-34-16-10-31(11-17-34)23-37(53-45(60)30(3)50-7)47(61)58-18-8-9-39(58)46-54-38(26-67-46)42(59)32-12-14-33(49)15-13-32/h10-17,24-27,30,37,39,50H,8-9,18-23H2,1-7H3,(H,53,60)(H2,51,52,55,56,57)/t30?,37?,39-/m0/s1. The molecule has 3 atom stereocenters. The number of hydrogen-bond donors (Lipinski definition) is 4. The number of carbonyl (C=O) groups is 3. The molecule has 20 heteroatoms. The maximum absolute atomic E-state index is 14.3. The number of thiazole rings is 1. The molecule has 1 aliphatic heterocycles.